The van der Waals surface area contributed by atoms with Crippen LogP contribution >= 0.6 is 0 Å². The van der Waals surface area contributed by atoms with Crippen LogP contribution in [0.5, 0.6) is 0 Å². The predicted molar refractivity (Wildman–Crippen MR) is 44.4 cm³/mol. The minimum Gasteiger partial charge on any atom is -0.341 e. The van der Waals surface area contributed by atoms with Crippen molar-refractivity contribution in [1.29, 1.82) is 0 Å². The molecule has 8 nitrogen and oxygen atoms in total. The van der Waals surface area contributed by atoms with Crippen LogP contribution in [0.15, 0.2) is 0 Å². The number of hydrogen-bond donors (Lipinski definition) is 2. The van der Waals surface area contributed by atoms with Crippen molar-refractivity contribution in [2.24, 2.45) is 0 Å². The molecule has 15 heavy (non-hydrogen) atoms. The second kappa shape index (κ2) is 8.48. The molecule has 0 aromatic heterocycles. The van der Waals surface area contributed by atoms with E-state index in [9.17, 15) is 19.2 Å². The van der Waals surface area contributed by atoms with Gasteiger partial charge in [0.15, 0.2) is 0 Å². The van der Waals surface area contributed by atoms with Gasteiger partial charge in [-0.2, -0.15) is 11.0 Å². The highest BCUT2D eigenvalue weighted by molar-refractivity contribution is 5.73. The Morgan fingerprint density at radius 3 is 1.67 bits per heavy atom. The topological polar surface area (TPSA) is 111 Å². The molecule has 2 amide bonds. The molecule has 8 heteroatoms. The van der Waals surface area contributed by atoms with E-state index in [-0.39, 0.29) is 32.1 Å². The first-order valence-electron chi connectivity index (χ1n) is 3.98. The molecule has 0 heterocycles. The quantitative estimate of drug-likeness (QED) is 0.381. The number of carbonyl (C=O) groups is 4. The van der Waals surface area contributed by atoms with Gasteiger partial charge in [-0.05, 0) is 6.42 Å². The Bertz CT molecular complexity index is 218. The number of nitrogens with one attached hydrogen (secondary N) is 2. The van der Waals surface area contributed by atoms with Crippen molar-refractivity contribution >= 4 is 24.8 Å². The van der Waals surface area contributed by atoms with Gasteiger partial charge in [-0.15, -0.1) is 0 Å². The molecule has 0 fully saturated rings. The van der Waals surface area contributed by atoms with E-state index in [4.69, 9.17) is 0 Å². The summed E-state index contributed by atoms with van der Waals surface area (Å²) in [6, 6.07) is 0. The van der Waals surface area contributed by atoms with Crippen molar-refractivity contribution in [3.63, 3.8) is 0 Å². The van der Waals surface area contributed by atoms with E-state index in [1.807, 2.05) is 0 Å². The SMILES string of the molecule is O=CNOC(=O)CCCC(=O)ONC=O. The van der Waals surface area contributed by atoms with Crippen LogP contribution in [0.1, 0.15) is 19.3 Å². The zero-order valence-electron chi connectivity index (χ0n) is 7.73. The highest BCUT2D eigenvalue weighted by atomic mass is 16.7. The summed E-state index contributed by atoms with van der Waals surface area (Å²) in [4.78, 5) is 49.2. The molecule has 0 saturated carbocycles. The standard InChI is InChI=1S/C7H10N2O6/c10-4-8-14-6(12)2-1-3-7(13)15-9-5-11/h4-5H,1-3H2,(H,8,10)(H,9,11). The lowest BCUT2D eigenvalue weighted by molar-refractivity contribution is -0.156. The van der Waals surface area contributed by atoms with Crippen LogP contribution in [0.2, 0.25) is 0 Å². The number of carbonyl (C=O) groups excluding carboxylic acids is 4. The minimum atomic E-state index is -0.668. The lowest BCUT2D eigenvalue weighted by Crippen LogP contribution is -2.19. The smallest absolute Gasteiger partial charge is 0.332 e. The first-order valence-corrected chi connectivity index (χ1v) is 3.98. The molecule has 84 valence electrons. The van der Waals surface area contributed by atoms with E-state index < -0.39 is 11.9 Å². The van der Waals surface area contributed by atoms with Crippen LogP contribution < -0.4 is 11.0 Å². The Balaban J connectivity index is 3.43. The average molecular weight is 218 g/mol. The summed E-state index contributed by atoms with van der Waals surface area (Å²) in [5, 5.41) is 0. The van der Waals surface area contributed by atoms with Gasteiger partial charge in [0.25, 0.3) is 0 Å². The summed E-state index contributed by atoms with van der Waals surface area (Å²) >= 11 is 0. The molecule has 0 saturated heterocycles. The van der Waals surface area contributed by atoms with E-state index in [1.54, 1.807) is 11.0 Å². The molecular weight excluding hydrogens is 208 g/mol. The number of rotatable bonds is 8. The number of hydroxylamine groups is 2. The normalized spacial score (nSPS) is 8.53. The van der Waals surface area contributed by atoms with Crippen LogP contribution in [-0.4, -0.2) is 24.8 Å². The van der Waals surface area contributed by atoms with Crippen molar-refractivity contribution in [2.45, 2.75) is 19.3 Å². The maximum Gasteiger partial charge on any atom is 0.332 e. The van der Waals surface area contributed by atoms with Gasteiger partial charge in [0.2, 0.25) is 12.8 Å². The van der Waals surface area contributed by atoms with Crippen LogP contribution in [-0.2, 0) is 28.9 Å². The van der Waals surface area contributed by atoms with Gasteiger partial charge in [0, 0.05) is 12.8 Å². The molecule has 2 N–H and O–H groups in total. The van der Waals surface area contributed by atoms with Gasteiger partial charge < -0.3 is 9.68 Å². The summed E-state index contributed by atoms with van der Waals surface area (Å²) in [5.74, 6) is -1.34. The maximum atomic E-state index is 10.7. The molecule has 0 aliphatic rings. The van der Waals surface area contributed by atoms with Gasteiger partial charge in [-0.25, -0.2) is 9.59 Å². The van der Waals surface area contributed by atoms with Crippen LogP contribution in [0, 0.1) is 0 Å². The molecule has 0 aliphatic carbocycles. The number of amides is 2. The van der Waals surface area contributed by atoms with Crippen molar-refractivity contribution in [2.75, 3.05) is 0 Å². The lowest BCUT2D eigenvalue weighted by atomic mass is 10.2. The van der Waals surface area contributed by atoms with E-state index in [0.29, 0.717) is 0 Å². The molecule has 0 unspecified atom stereocenters. The van der Waals surface area contributed by atoms with Gasteiger partial charge >= 0.3 is 11.9 Å². The Kier molecular flexibility index (Phi) is 7.28. The van der Waals surface area contributed by atoms with E-state index >= 15 is 0 Å². The maximum absolute atomic E-state index is 10.7. The first kappa shape index (κ1) is 12.9. The largest absolute Gasteiger partial charge is 0.341 e. The van der Waals surface area contributed by atoms with Crippen LogP contribution in [0.4, 0.5) is 0 Å². The molecule has 0 bridgehead atoms. The molecular formula is C7H10N2O6. The fraction of sp³-hybridized carbons (Fsp3) is 0.429. The van der Waals surface area contributed by atoms with E-state index in [1.165, 1.54) is 0 Å². The molecule has 0 aromatic carbocycles. The molecule has 0 atom stereocenters. The van der Waals surface area contributed by atoms with E-state index in [0.717, 1.165) is 0 Å². The van der Waals surface area contributed by atoms with Crippen molar-refractivity contribution in [3.8, 4) is 0 Å². The van der Waals surface area contributed by atoms with E-state index in [2.05, 4.69) is 9.68 Å². The van der Waals surface area contributed by atoms with Crippen molar-refractivity contribution < 1.29 is 28.9 Å². The average Bonchev–Trinajstić information content (AvgIpc) is 2.23. The van der Waals surface area contributed by atoms with Crippen LogP contribution in [0.25, 0.3) is 0 Å². The molecule has 0 spiro atoms. The fourth-order valence-electron chi connectivity index (χ4n) is 0.659. The second-order valence-electron chi connectivity index (χ2n) is 2.27. The third-order valence-corrected chi connectivity index (χ3v) is 1.20. The molecule has 0 rings (SSSR count). The Morgan fingerprint density at radius 2 is 1.33 bits per heavy atom. The van der Waals surface area contributed by atoms with Crippen molar-refractivity contribution in [1.82, 2.24) is 11.0 Å². The fourth-order valence-corrected chi connectivity index (χ4v) is 0.659. The highest BCUT2D eigenvalue weighted by Gasteiger charge is 2.07. The van der Waals surface area contributed by atoms with Gasteiger partial charge in [0.1, 0.15) is 0 Å². The summed E-state index contributed by atoms with van der Waals surface area (Å²) in [7, 11) is 0. The van der Waals surface area contributed by atoms with Crippen molar-refractivity contribution in [3.05, 3.63) is 0 Å². The summed E-state index contributed by atoms with van der Waals surface area (Å²) in [6.07, 6.45) is 0.521. The first-order chi connectivity index (χ1) is 7.20. The lowest BCUT2D eigenvalue weighted by Gasteiger charge is -2.01. The van der Waals surface area contributed by atoms with Gasteiger partial charge in [-0.1, -0.05) is 0 Å². The Morgan fingerprint density at radius 1 is 0.933 bits per heavy atom. The van der Waals surface area contributed by atoms with Gasteiger partial charge in [-0.3, -0.25) is 9.59 Å². The molecule has 0 aromatic rings. The zero-order chi connectivity index (χ0) is 11.5. The second-order valence-corrected chi connectivity index (χ2v) is 2.27. The molecule has 0 aliphatic heterocycles. The molecule has 0 radical (unpaired) electrons. The summed E-state index contributed by atoms with van der Waals surface area (Å²) in [6.45, 7) is 0. The third kappa shape index (κ3) is 8.22. The minimum absolute atomic E-state index is 0.0446. The summed E-state index contributed by atoms with van der Waals surface area (Å²) in [5.41, 5.74) is 3.43. The van der Waals surface area contributed by atoms with Crippen LogP contribution in [0.3, 0.4) is 0 Å². The number of hydrogen-bond acceptors (Lipinski definition) is 6. The highest BCUT2D eigenvalue weighted by Crippen LogP contribution is 1.97. The Labute approximate surface area is 84.8 Å². The predicted octanol–water partition coefficient (Wildman–Crippen LogP) is -1.43. The zero-order valence-corrected chi connectivity index (χ0v) is 7.73. The van der Waals surface area contributed by atoms with Gasteiger partial charge in [0.05, 0.1) is 0 Å². The summed E-state index contributed by atoms with van der Waals surface area (Å²) < 4.78 is 0. The Hall–Kier alpha value is -2.12. The monoisotopic (exact) mass is 218 g/mol. The third-order valence-electron chi connectivity index (χ3n) is 1.20.